The minimum absolute atomic E-state index is 0.178. The summed E-state index contributed by atoms with van der Waals surface area (Å²) < 4.78 is 5.27. The predicted molar refractivity (Wildman–Crippen MR) is 61.9 cm³/mol. The molecule has 17 heavy (non-hydrogen) atoms. The Morgan fingerprint density at radius 2 is 2.06 bits per heavy atom. The van der Waals surface area contributed by atoms with Crippen LogP contribution in [0.15, 0.2) is 10.5 Å². The van der Waals surface area contributed by atoms with E-state index in [9.17, 15) is 9.59 Å². The standard InChI is InChI=1S/C12H17NO4/c1-7(12(15)16)6-13(4)11(14)10-5-8(2)17-9(10)3/h5,7H,6H2,1-4H3,(H,15,16). The molecule has 0 aliphatic heterocycles. The monoisotopic (exact) mass is 239 g/mol. The van der Waals surface area contributed by atoms with Crippen molar-refractivity contribution in [2.75, 3.05) is 13.6 Å². The van der Waals surface area contributed by atoms with E-state index in [0.29, 0.717) is 17.1 Å². The zero-order chi connectivity index (χ0) is 13.2. The Morgan fingerprint density at radius 3 is 2.47 bits per heavy atom. The van der Waals surface area contributed by atoms with Gasteiger partial charge in [0, 0.05) is 13.6 Å². The third kappa shape index (κ3) is 3.09. The molecule has 0 saturated heterocycles. The number of carboxylic acid groups (broad SMARTS) is 1. The van der Waals surface area contributed by atoms with Gasteiger partial charge in [0.25, 0.3) is 5.91 Å². The molecule has 1 unspecified atom stereocenters. The molecule has 0 spiro atoms. The Morgan fingerprint density at radius 1 is 1.47 bits per heavy atom. The molecular formula is C12H17NO4. The largest absolute Gasteiger partial charge is 0.481 e. The molecule has 0 bridgehead atoms. The van der Waals surface area contributed by atoms with Crippen LogP contribution in [0.1, 0.15) is 28.8 Å². The smallest absolute Gasteiger partial charge is 0.308 e. The maximum absolute atomic E-state index is 12.0. The number of carboxylic acids is 1. The van der Waals surface area contributed by atoms with Crippen LogP contribution in [0.4, 0.5) is 0 Å². The second kappa shape index (κ2) is 5.03. The molecule has 1 aromatic rings. The van der Waals surface area contributed by atoms with Crippen LogP contribution < -0.4 is 0 Å². The van der Waals surface area contributed by atoms with E-state index in [-0.39, 0.29) is 12.5 Å². The number of amides is 1. The van der Waals surface area contributed by atoms with Crippen LogP contribution in [0, 0.1) is 19.8 Å². The number of aryl methyl sites for hydroxylation is 2. The second-order valence-corrected chi connectivity index (χ2v) is 4.25. The fourth-order valence-electron chi connectivity index (χ4n) is 1.62. The summed E-state index contributed by atoms with van der Waals surface area (Å²) in [6, 6.07) is 1.67. The number of carbonyl (C=O) groups excluding carboxylic acids is 1. The van der Waals surface area contributed by atoms with Crippen molar-refractivity contribution in [1.82, 2.24) is 4.90 Å². The zero-order valence-corrected chi connectivity index (χ0v) is 10.5. The molecular weight excluding hydrogens is 222 g/mol. The van der Waals surface area contributed by atoms with Crippen LogP contribution >= 0.6 is 0 Å². The SMILES string of the molecule is Cc1cc(C(=O)N(C)CC(C)C(=O)O)c(C)o1. The highest BCUT2D eigenvalue weighted by atomic mass is 16.4. The Bertz CT molecular complexity index is 436. The van der Waals surface area contributed by atoms with Gasteiger partial charge in [-0.3, -0.25) is 9.59 Å². The van der Waals surface area contributed by atoms with E-state index in [4.69, 9.17) is 9.52 Å². The molecule has 0 aromatic carbocycles. The van der Waals surface area contributed by atoms with Gasteiger partial charge in [0.2, 0.25) is 0 Å². The highest BCUT2D eigenvalue weighted by Crippen LogP contribution is 2.16. The van der Waals surface area contributed by atoms with Crippen molar-refractivity contribution >= 4 is 11.9 Å². The molecule has 1 aromatic heterocycles. The molecule has 0 aliphatic carbocycles. The molecule has 5 nitrogen and oxygen atoms in total. The minimum atomic E-state index is -0.912. The lowest BCUT2D eigenvalue weighted by Crippen LogP contribution is -2.33. The van der Waals surface area contributed by atoms with Gasteiger partial charge < -0.3 is 14.4 Å². The average molecular weight is 239 g/mol. The molecule has 0 radical (unpaired) electrons. The van der Waals surface area contributed by atoms with Crippen molar-refractivity contribution in [1.29, 1.82) is 0 Å². The van der Waals surface area contributed by atoms with Gasteiger partial charge in [0.1, 0.15) is 11.5 Å². The first kappa shape index (κ1) is 13.3. The number of carbonyl (C=O) groups is 2. The van der Waals surface area contributed by atoms with Gasteiger partial charge in [-0.15, -0.1) is 0 Å². The van der Waals surface area contributed by atoms with Crippen molar-refractivity contribution in [3.8, 4) is 0 Å². The first-order chi connectivity index (χ1) is 7.82. The maximum atomic E-state index is 12.0. The topological polar surface area (TPSA) is 70.8 Å². The molecule has 5 heteroatoms. The number of hydrogen-bond donors (Lipinski definition) is 1. The first-order valence-corrected chi connectivity index (χ1v) is 5.38. The molecule has 1 amide bonds. The van der Waals surface area contributed by atoms with Gasteiger partial charge in [0.05, 0.1) is 11.5 Å². The van der Waals surface area contributed by atoms with Crippen LogP contribution in [-0.2, 0) is 4.79 Å². The molecule has 1 heterocycles. The zero-order valence-electron chi connectivity index (χ0n) is 10.5. The fraction of sp³-hybridized carbons (Fsp3) is 0.500. The molecule has 1 atom stereocenters. The lowest BCUT2D eigenvalue weighted by Gasteiger charge is -2.18. The summed E-state index contributed by atoms with van der Waals surface area (Å²) in [5.74, 6) is -0.484. The van der Waals surface area contributed by atoms with E-state index in [1.807, 2.05) is 0 Å². The Labute approximate surface area is 100 Å². The summed E-state index contributed by atoms with van der Waals surface area (Å²) >= 11 is 0. The molecule has 1 rings (SSSR count). The maximum Gasteiger partial charge on any atom is 0.308 e. The van der Waals surface area contributed by atoms with Gasteiger partial charge >= 0.3 is 5.97 Å². The van der Waals surface area contributed by atoms with E-state index in [0.717, 1.165) is 0 Å². The van der Waals surface area contributed by atoms with Gasteiger partial charge in [-0.1, -0.05) is 6.92 Å². The van der Waals surface area contributed by atoms with Crippen molar-refractivity contribution in [2.24, 2.45) is 5.92 Å². The highest BCUT2D eigenvalue weighted by molar-refractivity contribution is 5.95. The van der Waals surface area contributed by atoms with E-state index < -0.39 is 11.9 Å². The fourth-order valence-corrected chi connectivity index (χ4v) is 1.62. The van der Waals surface area contributed by atoms with Crippen LogP contribution in [0.25, 0.3) is 0 Å². The summed E-state index contributed by atoms with van der Waals surface area (Å²) in [4.78, 5) is 24.1. The predicted octanol–water partition coefficient (Wildman–Crippen LogP) is 1.69. The molecule has 0 fully saturated rings. The Hall–Kier alpha value is -1.78. The van der Waals surface area contributed by atoms with Crippen molar-refractivity contribution in [3.63, 3.8) is 0 Å². The summed E-state index contributed by atoms with van der Waals surface area (Å²) in [7, 11) is 1.59. The lowest BCUT2D eigenvalue weighted by molar-refractivity contribution is -0.141. The van der Waals surface area contributed by atoms with Gasteiger partial charge in [-0.05, 0) is 19.9 Å². The number of aliphatic carboxylic acids is 1. The summed E-state index contributed by atoms with van der Waals surface area (Å²) in [5.41, 5.74) is 0.489. The van der Waals surface area contributed by atoms with Crippen molar-refractivity contribution in [3.05, 3.63) is 23.2 Å². The van der Waals surface area contributed by atoms with E-state index in [2.05, 4.69) is 0 Å². The van der Waals surface area contributed by atoms with E-state index >= 15 is 0 Å². The number of nitrogens with zero attached hydrogens (tertiary/aromatic N) is 1. The molecule has 94 valence electrons. The summed E-state index contributed by atoms with van der Waals surface area (Å²) in [6.07, 6.45) is 0. The van der Waals surface area contributed by atoms with Gasteiger partial charge in [0.15, 0.2) is 0 Å². The molecule has 0 aliphatic rings. The molecule has 0 saturated carbocycles. The van der Waals surface area contributed by atoms with Gasteiger partial charge in [-0.25, -0.2) is 0 Å². The van der Waals surface area contributed by atoms with Gasteiger partial charge in [-0.2, -0.15) is 0 Å². The average Bonchev–Trinajstić information content (AvgIpc) is 2.56. The first-order valence-electron chi connectivity index (χ1n) is 5.38. The lowest BCUT2D eigenvalue weighted by atomic mass is 10.1. The normalized spacial score (nSPS) is 12.2. The highest BCUT2D eigenvalue weighted by Gasteiger charge is 2.21. The number of furan rings is 1. The Kier molecular flexibility index (Phi) is 3.93. The van der Waals surface area contributed by atoms with Crippen LogP contribution in [-0.4, -0.2) is 35.5 Å². The van der Waals surface area contributed by atoms with Crippen molar-refractivity contribution < 1.29 is 19.1 Å². The summed E-state index contributed by atoms with van der Waals surface area (Å²) in [6.45, 7) is 5.23. The number of hydrogen-bond acceptors (Lipinski definition) is 3. The van der Waals surface area contributed by atoms with Crippen molar-refractivity contribution in [2.45, 2.75) is 20.8 Å². The minimum Gasteiger partial charge on any atom is -0.481 e. The third-order valence-corrected chi connectivity index (χ3v) is 2.59. The second-order valence-electron chi connectivity index (χ2n) is 4.25. The van der Waals surface area contributed by atoms with Crippen LogP contribution in [0.3, 0.4) is 0 Å². The van der Waals surface area contributed by atoms with Crippen LogP contribution in [0.2, 0.25) is 0 Å². The van der Waals surface area contributed by atoms with E-state index in [1.165, 1.54) is 4.90 Å². The number of rotatable bonds is 4. The quantitative estimate of drug-likeness (QED) is 0.867. The van der Waals surface area contributed by atoms with E-state index in [1.54, 1.807) is 33.9 Å². The van der Waals surface area contributed by atoms with Crippen LogP contribution in [0.5, 0.6) is 0 Å². The third-order valence-electron chi connectivity index (χ3n) is 2.59. The molecule has 1 N–H and O–H groups in total. The Balaban J connectivity index is 2.77. The summed E-state index contributed by atoms with van der Waals surface area (Å²) in [5, 5.41) is 8.79.